The summed E-state index contributed by atoms with van der Waals surface area (Å²) >= 11 is 9.08. The number of rotatable bonds is 6. The van der Waals surface area contributed by atoms with Crippen molar-refractivity contribution in [1.29, 1.82) is 0 Å². The molecule has 2 N–H and O–H groups in total. The topological polar surface area (TPSA) is 67.4 Å². The maximum Gasteiger partial charge on any atom is 0.241 e. The van der Waals surface area contributed by atoms with Gasteiger partial charge in [0.05, 0.1) is 17.0 Å². The highest BCUT2D eigenvalue weighted by Gasteiger charge is 2.35. The first-order chi connectivity index (χ1) is 9.88. The first kappa shape index (κ1) is 20.2. The zero-order valence-electron chi connectivity index (χ0n) is 12.1. The minimum atomic E-state index is -3.60. The summed E-state index contributed by atoms with van der Waals surface area (Å²) in [5.74, 6) is 0. The first-order valence-electron chi connectivity index (χ1n) is 6.57. The lowest BCUT2D eigenvalue weighted by molar-refractivity contribution is 0.122. The second kappa shape index (κ2) is 8.28. The Balaban J connectivity index is 0.00000242. The van der Waals surface area contributed by atoms with Crippen LogP contribution < -0.4 is 10.0 Å². The molecular formula is C13H19BrCl2N2O3S. The molecule has 1 aromatic carbocycles. The predicted molar refractivity (Wildman–Crippen MR) is 93.4 cm³/mol. The van der Waals surface area contributed by atoms with Gasteiger partial charge in [-0.25, -0.2) is 13.1 Å². The van der Waals surface area contributed by atoms with Crippen LogP contribution in [0.1, 0.15) is 12.8 Å². The molecule has 1 aliphatic rings. The van der Waals surface area contributed by atoms with E-state index in [0.29, 0.717) is 16.1 Å². The summed E-state index contributed by atoms with van der Waals surface area (Å²) in [5, 5.41) is 3.81. The van der Waals surface area contributed by atoms with E-state index in [-0.39, 0.29) is 29.4 Å². The normalized spacial score (nSPS) is 21.6. The fourth-order valence-corrected chi connectivity index (χ4v) is 4.98. The number of halogens is 3. The van der Waals surface area contributed by atoms with Crippen LogP contribution in [0.3, 0.4) is 0 Å². The minimum absolute atomic E-state index is 0. The summed E-state index contributed by atoms with van der Waals surface area (Å²) in [6, 6.07) is 4.61. The summed E-state index contributed by atoms with van der Waals surface area (Å²) in [4.78, 5) is 0.178. The summed E-state index contributed by atoms with van der Waals surface area (Å²) in [7, 11) is -1.99. The molecule has 0 radical (unpaired) electrons. The van der Waals surface area contributed by atoms with Crippen LogP contribution in [0.15, 0.2) is 27.6 Å². The van der Waals surface area contributed by atoms with Gasteiger partial charge in [0.1, 0.15) is 0 Å². The third-order valence-electron chi connectivity index (χ3n) is 3.54. The lowest BCUT2D eigenvalue weighted by Gasteiger charge is -2.28. The fraction of sp³-hybridized carbons (Fsp3) is 0.538. The molecule has 0 amide bonds. The maximum atomic E-state index is 12.4. The van der Waals surface area contributed by atoms with Crippen LogP contribution in [0.5, 0.6) is 0 Å². The van der Waals surface area contributed by atoms with Gasteiger partial charge in [-0.2, -0.15) is 0 Å². The van der Waals surface area contributed by atoms with E-state index in [9.17, 15) is 8.42 Å². The van der Waals surface area contributed by atoms with Crippen LogP contribution in [0.25, 0.3) is 0 Å². The van der Waals surface area contributed by atoms with Crippen molar-refractivity contribution in [2.24, 2.45) is 0 Å². The van der Waals surface area contributed by atoms with Crippen LogP contribution in [0, 0.1) is 0 Å². The zero-order valence-corrected chi connectivity index (χ0v) is 16.0. The number of methoxy groups -OCH3 is 1. The maximum absolute atomic E-state index is 12.4. The summed E-state index contributed by atoms with van der Waals surface area (Å²) in [6.45, 7) is 1.63. The summed E-state index contributed by atoms with van der Waals surface area (Å²) in [6.07, 6.45) is 1.89. The molecule has 1 aliphatic heterocycles. The van der Waals surface area contributed by atoms with E-state index < -0.39 is 10.0 Å². The Morgan fingerprint density at radius 1 is 1.50 bits per heavy atom. The van der Waals surface area contributed by atoms with Gasteiger partial charge in [0.15, 0.2) is 0 Å². The van der Waals surface area contributed by atoms with Crippen molar-refractivity contribution in [2.45, 2.75) is 23.3 Å². The Hall–Kier alpha value is 0.110. The van der Waals surface area contributed by atoms with Crippen LogP contribution in [0.2, 0.25) is 5.02 Å². The second-order valence-corrected chi connectivity index (χ2v) is 8.17. The van der Waals surface area contributed by atoms with Gasteiger partial charge in [-0.05, 0) is 53.5 Å². The first-order valence-corrected chi connectivity index (χ1v) is 9.23. The molecule has 126 valence electrons. The van der Waals surface area contributed by atoms with Crippen molar-refractivity contribution in [2.75, 3.05) is 26.8 Å². The predicted octanol–water partition coefficient (Wildman–Crippen LogP) is 2.57. The molecule has 0 spiro atoms. The highest BCUT2D eigenvalue weighted by Crippen LogP contribution is 2.26. The molecular weight excluding hydrogens is 415 g/mol. The SMILES string of the molecule is COCC1(CNS(=O)(=O)c2ccc(Cl)cc2Br)CCCN1.Cl. The Bertz CT molecular complexity index is 607. The van der Waals surface area contributed by atoms with E-state index in [4.69, 9.17) is 16.3 Å². The molecule has 1 fully saturated rings. The highest BCUT2D eigenvalue weighted by atomic mass is 79.9. The fourth-order valence-electron chi connectivity index (χ4n) is 2.47. The van der Waals surface area contributed by atoms with Crippen molar-refractivity contribution in [1.82, 2.24) is 10.0 Å². The number of hydrogen-bond donors (Lipinski definition) is 2. The number of hydrogen-bond acceptors (Lipinski definition) is 4. The number of ether oxygens (including phenoxy) is 1. The van der Waals surface area contributed by atoms with Crippen molar-refractivity contribution in [3.05, 3.63) is 27.7 Å². The quantitative estimate of drug-likeness (QED) is 0.723. The van der Waals surface area contributed by atoms with Crippen molar-refractivity contribution >= 4 is 50.0 Å². The van der Waals surface area contributed by atoms with Gasteiger partial charge in [-0.15, -0.1) is 12.4 Å². The molecule has 1 unspecified atom stereocenters. The average molecular weight is 434 g/mol. The largest absolute Gasteiger partial charge is 0.383 e. The molecule has 5 nitrogen and oxygen atoms in total. The van der Waals surface area contributed by atoms with Crippen LogP contribution in [-0.2, 0) is 14.8 Å². The molecule has 1 aromatic rings. The average Bonchev–Trinajstić information content (AvgIpc) is 2.86. The van der Waals surface area contributed by atoms with E-state index in [1.165, 1.54) is 6.07 Å². The van der Waals surface area contributed by atoms with E-state index in [0.717, 1.165) is 19.4 Å². The molecule has 0 bridgehead atoms. The van der Waals surface area contributed by atoms with Gasteiger partial charge in [0.25, 0.3) is 0 Å². The number of sulfonamides is 1. The molecule has 9 heteroatoms. The Morgan fingerprint density at radius 2 is 2.23 bits per heavy atom. The lowest BCUT2D eigenvalue weighted by Crippen LogP contribution is -2.52. The smallest absolute Gasteiger partial charge is 0.241 e. The summed E-state index contributed by atoms with van der Waals surface area (Å²) in [5.41, 5.74) is -0.333. The van der Waals surface area contributed by atoms with Gasteiger partial charge >= 0.3 is 0 Å². The zero-order chi connectivity index (χ0) is 15.5. The Kier molecular flexibility index (Phi) is 7.59. The number of nitrogens with one attached hydrogen (secondary N) is 2. The van der Waals surface area contributed by atoms with E-state index in [1.54, 1.807) is 19.2 Å². The van der Waals surface area contributed by atoms with Crippen molar-refractivity contribution in [3.63, 3.8) is 0 Å². The Morgan fingerprint density at radius 3 is 2.77 bits per heavy atom. The van der Waals surface area contributed by atoms with Crippen molar-refractivity contribution < 1.29 is 13.2 Å². The molecule has 1 heterocycles. The standard InChI is InChI=1S/C13H18BrClN2O3S.ClH/c1-20-9-13(5-2-6-16-13)8-17-21(18,19)12-4-3-10(15)7-11(12)14;/h3-4,7,16-17H,2,5-6,8-9H2,1H3;1H. The monoisotopic (exact) mass is 432 g/mol. The van der Waals surface area contributed by atoms with Crippen molar-refractivity contribution in [3.8, 4) is 0 Å². The van der Waals surface area contributed by atoms with Crippen LogP contribution in [-0.4, -0.2) is 40.8 Å². The molecule has 0 aliphatic carbocycles. The molecule has 1 atom stereocenters. The van der Waals surface area contributed by atoms with Gasteiger partial charge < -0.3 is 10.1 Å². The third-order valence-corrected chi connectivity index (χ3v) is 6.15. The van der Waals surface area contributed by atoms with E-state index in [1.807, 2.05) is 0 Å². The molecule has 0 aromatic heterocycles. The van der Waals surface area contributed by atoms with Gasteiger partial charge in [-0.1, -0.05) is 11.6 Å². The second-order valence-electron chi connectivity index (χ2n) is 5.14. The molecule has 22 heavy (non-hydrogen) atoms. The van der Waals surface area contributed by atoms with E-state index in [2.05, 4.69) is 26.0 Å². The van der Waals surface area contributed by atoms with Crippen LogP contribution >= 0.6 is 39.9 Å². The van der Waals surface area contributed by atoms with Gasteiger partial charge in [0.2, 0.25) is 10.0 Å². The Labute approximate surface area is 150 Å². The van der Waals surface area contributed by atoms with E-state index >= 15 is 0 Å². The van der Waals surface area contributed by atoms with Gasteiger partial charge in [0, 0.05) is 23.1 Å². The third kappa shape index (κ3) is 4.80. The summed E-state index contributed by atoms with van der Waals surface area (Å²) < 4.78 is 33.2. The van der Waals surface area contributed by atoms with Crippen LogP contribution in [0.4, 0.5) is 0 Å². The van der Waals surface area contributed by atoms with Gasteiger partial charge in [-0.3, -0.25) is 0 Å². The minimum Gasteiger partial charge on any atom is -0.383 e. The molecule has 2 rings (SSSR count). The lowest BCUT2D eigenvalue weighted by atomic mass is 9.99. The number of benzene rings is 1. The highest BCUT2D eigenvalue weighted by molar-refractivity contribution is 9.10. The molecule has 0 saturated carbocycles. The molecule has 1 saturated heterocycles.